The molecule has 62 heavy (non-hydrogen) atoms. The van der Waals surface area contributed by atoms with E-state index < -0.39 is 11.9 Å². The van der Waals surface area contributed by atoms with E-state index >= 15 is 0 Å². The number of benzene rings is 2. The number of methoxy groups -OCH3 is 1. The highest BCUT2D eigenvalue weighted by Crippen LogP contribution is 2.43. The molecule has 4 aliphatic heterocycles. The van der Waals surface area contributed by atoms with Gasteiger partial charge in [0.1, 0.15) is 41.0 Å². The third-order valence-corrected chi connectivity index (χ3v) is 14.4. The molecule has 15 nitrogen and oxygen atoms in total. The molecule has 1 unspecified atom stereocenters. The van der Waals surface area contributed by atoms with Crippen molar-refractivity contribution in [3.05, 3.63) is 53.9 Å². The van der Waals surface area contributed by atoms with E-state index in [1.54, 1.807) is 18.3 Å². The van der Waals surface area contributed by atoms with Crippen molar-refractivity contribution in [2.24, 2.45) is 5.92 Å². The molecule has 1 atom stereocenters. The minimum atomic E-state index is -0.657. The Morgan fingerprint density at radius 1 is 0.855 bits per heavy atom. The van der Waals surface area contributed by atoms with Crippen LogP contribution < -0.4 is 24.6 Å². The van der Waals surface area contributed by atoms with E-state index in [1.165, 1.54) is 12.8 Å². The molecule has 3 saturated heterocycles. The molecule has 0 radical (unpaired) electrons. The van der Waals surface area contributed by atoms with Gasteiger partial charge >= 0.3 is 0 Å². The van der Waals surface area contributed by atoms with Crippen LogP contribution in [0.15, 0.2) is 42.7 Å². The van der Waals surface area contributed by atoms with Gasteiger partial charge in [0.25, 0.3) is 5.91 Å². The largest absolute Gasteiger partial charge is 0.494 e. The van der Waals surface area contributed by atoms with Crippen molar-refractivity contribution >= 4 is 40.1 Å². The molecule has 2 saturated carbocycles. The predicted octanol–water partition coefficient (Wildman–Crippen LogP) is 5.87. The Bertz CT molecular complexity index is 2360. The lowest BCUT2D eigenvalue weighted by molar-refractivity contribution is -0.136. The normalized spacial score (nSPS) is 25.3. The number of ether oxygens (including phenoxy) is 3. The Kier molecular flexibility index (Phi) is 10.6. The minimum absolute atomic E-state index is 0.0476. The van der Waals surface area contributed by atoms with Gasteiger partial charge in [-0.15, -0.1) is 0 Å². The van der Waals surface area contributed by atoms with Gasteiger partial charge < -0.3 is 28.9 Å². The Hall–Kier alpha value is -5.28. The van der Waals surface area contributed by atoms with Crippen LogP contribution in [-0.2, 0) is 20.9 Å². The maximum atomic E-state index is 13.5. The van der Waals surface area contributed by atoms with E-state index in [0.29, 0.717) is 36.3 Å². The van der Waals surface area contributed by atoms with Crippen LogP contribution in [0.2, 0.25) is 0 Å². The van der Waals surface area contributed by atoms with E-state index in [1.807, 2.05) is 24.3 Å². The summed E-state index contributed by atoms with van der Waals surface area (Å²) in [4.78, 5) is 56.1. The first kappa shape index (κ1) is 40.8. The Morgan fingerprint density at radius 2 is 1.65 bits per heavy atom. The van der Waals surface area contributed by atoms with Gasteiger partial charge in [-0.2, -0.15) is 5.10 Å². The molecular weight excluding hydrogens is 787 g/mol. The molecule has 0 bridgehead atoms. The Balaban J connectivity index is 0.696. The van der Waals surface area contributed by atoms with Crippen molar-refractivity contribution in [3.63, 3.8) is 0 Å². The zero-order chi connectivity index (χ0) is 42.8. The molecule has 10 rings (SSSR count). The SMILES string of the molecule is COc1c(N2CCN(C[C@H]3CC[C@H](OC4CCN(c5cc(-c6n[nH]c7ccc(OC8(C)CC8)cc67)ncn5)CC4)CC3)C(C)(C)C2)ccc2c1CN(C1CCC(=O)NC1=O)C2=O. The summed E-state index contributed by atoms with van der Waals surface area (Å²) in [5, 5.41) is 11.2. The van der Waals surface area contributed by atoms with Crippen LogP contribution in [0.1, 0.15) is 101 Å². The summed E-state index contributed by atoms with van der Waals surface area (Å²) >= 11 is 0. The van der Waals surface area contributed by atoms with Crippen LogP contribution in [0, 0.1) is 5.92 Å². The van der Waals surface area contributed by atoms with Crippen molar-refractivity contribution in [3.8, 4) is 22.9 Å². The number of fused-ring (bicyclic) bond motifs is 2. The summed E-state index contributed by atoms with van der Waals surface area (Å²) in [6, 6.07) is 11.4. The van der Waals surface area contributed by atoms with E-state index in [-0.39, 0.29) is 35.5 Å². The molecule has 6 heterocycles. The summed E-state index contributed by atoms with van der Waals surface area (Å²) in [7, 11) is 1.66. The highest BCUT2D eigenvalue weighted by atomic mass is 16.5. The summed E-state index contributed by atoms with van der Waals surface area (Å²) in [5.74, 6) is 2.24. The van der Waals surface area contributed by atoms with Crippen molar-refractivity contribution in [1.29, 1.82) is 0 Å². The van der Waals surface area contributed by atoms with Crippen LogP contribution in [0.4, 0.5) is 11.5 Å². The highest BCUT2D eigenvalue weighted by molar-refractivity contribution is 6.06. The number of aromatic nitrogens is 4. The number of hydrogen-bond donors (Lipinski definition) is 2. The van der Waals surface area contributed by atoms with Gasteiger partial charge in [-0.05, 0) is 115 Å². The Labute approximate surface area is 362 Å². The van der Waals surface area contributed by atoms with Crippen LogP contribution in [0.3, 0.4) is 0 Å². The van der Waals surface area contributed by atoms with E-state index in [4.69, 9.17) is 14.2 Å². The van der Waals surface area contributed by atoms with Crippen LogP contribution in [-0.4, -0.2) is 123 Å². The molecule has 6 aliphatic rings. The second kappa shape index (κ2) is 16.1. The predicted molar refractivity (Wildman–Crippen MR) is 234 cm³/mol. The number of anilines is 2. The average molecular weight is 846 g/mol. The van der Waals surface area contributed by atoms with E-state index in [0.717, 1.165) is 123 Å². The molecular formula is C47H59N9O6. The number of nitrogens with zero attached hydrogens (tertiary/aromatic N) is 7. The molecule has 328 valence electrons. The molecule has 2 aromatic carbocycles. The number of rotatable bonds is 11. The maximum absolute atomic E-state index is 13.5. The number of aromatic amines is 1. The van der Waals surface area contributed by atoms with Gasteiger partial charge in [0.2, 0.25) is 11.8 Å². The lowest BCUT2D eigenvalue weighted by Crippen LogP contribution is -2.60. The second-order valence-electron chi connectivity index (χ2n) is 19.3. The van der Waals surface area contributed by atoms with Crippen molar-refractivity contribution in [2.45, 2.75) is 121 Å². The highest BCUT2D eigenvalue weighted by Gasteiger charge is 2.43. The first-order valence-corrected chi connectivity index (χ1v) is 22.7. The number of imide groups is 1. The lowest BCUT2D eigenvalue weighted by Gasteiger charge is -2.49. The fourth-order valence-corrected chi connectivity index (χ4v) is 10.5. The fraction of sp³-hybridized carbons (Fsp3) is 0.574. The summed E-state index contributed by atoms with van der Waals surface area (Å²) < 4.78 is 19.0. The number of carbonyl (C=O) groups excluding carboxylic acids is 3. The standard InChI is InChI=1S/C47H59N9O6/c1-46(2)27-54(38-12-10-33-35(43(38)60-4)26-56(45(33)59)39-13-14-41(57)50-44(39)58)21-22-55(46)25-29-5-7-30(8-6-29)61-31-15-19-53(20-16-31)40-24-37(48-28-49-40)42-34-23-32(62-47(3)17-18-47)9-11-36(34)51-52-42/h9-12,23-24,28-31,39H,5-8,13-22,25-27H2,1-4H3,(H,51,52)(H,50,57,58)/t29-,30-,39?. The number of piperazine rings is 1. The van der Waals surface area contributed by atoms with Gasteiger partial charge in [-0.25, -0.2) is 9.97 Å². The van der Waals surface area contributed by atoms with Crippen LogP contribution >= 0.6 is 0 Å². The molecule has 2 aromatic heterocycles. The number of carbonyl (C=O) groups is 3. The van der Waals surface area contributed by atoms with Crippen LogP contribution in [0.5, 0.6) is 11.5 Å². The number of H-pyrrole nitrogens is 1. The molecule has 15 heteroatoms. The number of amides is 3. The van der Waals surface area contributed by atoms with Gasteiger partial charge in [0.05, 0.1) is 42.8 Å². The van der Waals surface area contributed by atoms with Gasteiger partial charge in [-0.3, -0.25) is 29.7 Å². The monoisotopic (exact) mass is 845 g/mol. The average Bonchev–Trinajstić information content (AvgIpc) is 3.68. The summed E-state index contributed by atoms with van der Waals surface area (Å²) in [6.45, 7) is 12.6. The maximum Gasteiger partial charge on any atom is 0.255 e. The number of piperidine rings is 2. The van der Waals surface area contributed by atoms with Gasteiger partial charge in [0, 0.05) is 73.8 Å². The molecule has 0 spiro atoms. The quantitative estimate of drug-likeness (QED) is 0.174. The van der Waals surface area contributed by atoms with Crippen molar-refractivity contribution < 1.29 is 28.6 Å². The molecule has 5 fully saturated rings. The Morgan fingerprint density at radius 3 is 2.39 bits per heavy atom. The first-order valence-electron chi connectivity index (χ1n) is 22.7. The lowest BCUT2D eigenvalue weighted by atomic mass is 9.85. The summed E-state index contributed by atoms with van der Waals surface area (Å²) in [6.07, 6.45) is 11.5. The first-order chi connectivity index (χ1) is 29.9. The molecule has 3 amide bonds. The topological polar surface area (TPSA) is 158 Å². The smallest absolute Gasteiger partial charge is 0.255 e. The second-order valence-corrected chi connectivity index (χ2v) is 19.3. The zero-order valence-electron chi connectivity index (χ0n) is 36.5. The molecule has 4 aromatic rings. The van der Waals surface area contributed by atoms with Crippen molar-refractivity contribution in [2.75, 3.05) is 56.2 Å². The van der Waals surface area contributed by atoms with Gasteiger partial charge in [-0.1, -0.05) is 0 Å². The fourth-order valence-electron chi connectivity index (χ4n) is 10.5. The molecule has 2 aliphatic carbocycles. The minimum Gasteiger partial charge on any atom is -0.494 e. The number of hydrogen-bond acceptors (Lipinski definition) is 12. The number of nitrogens with one attached hydrogen (secondary N) is 2. The molecule has 2 N–H and O–H groups in total. The zero-order valence-corrected chi connectivity index (χ0v) is 36.5. The third kappa shape index (κ3) is 7.97. The third-order valence-electron chi connectivity index (χ3n) is 14.4. The summed E-state index contributed by atoms with van der Waals surface area (Å²) in [5.41, 5.74) is 4.82. The van der Waals surface area contributed by atoms with E-state index in [9.17, 15) is 14.4 Å². The van der Waals surface area contributed by atoms with Crippen LogP contribution in [0.25, 0.3) is 22.3 Å². The van der Waals surface area contributed by atoms with Gasteiger partial charge in [0.15, 0.2) is 0 Å². The van der Waals surface area contributed by atoms with Crippen molar-refractivity contribution in [1.82, 2.24) is 35.3 Å². The van der Waals surface area contributed by atoms with E-state index in [2.05, 4.69) is 73.1 Å².